The van der Waals surface area contributed by atoms with Crippen LogP contribution in [-0.4, -0.2) is 22.2 Å². The number of benzene rings is 1. The van der Waals surface area contributed by atoms with Gasteiger partial charge in [-0.25, -0.2) is 0 Å². The Morgan fingerprint density at radius 3 is 2.84 bits per heavy atom. The van der Waals surface area contributed by atoms with Gasteiger partial charge in [-0.15, -0.1) is 0 Å². The Hall–Kier alpha value is -1.17. The summed E-state index contributed by atoms with van der Waals surface area (Å²) in [7, 11) is 0. The molecule has 1 aromatic rings. The first-order valence-electron chi connectivity index (χ1n) is 6.42. The highest BCUT2D eigenvalue weighted by molar-refractivity contribution is 6.32. The van der Waals surface area contributed by atoms with Crippen molar-refractivity contribution in [2.75, 3.05) is 0 Å². The number of aliphatic hydroxyl groups is 1. The van der Waals surface area contributed by atoms with Crippen LogP contribution >= 0.6 is 11.6 Å². The third kappa shape index (κ3) is 3.65. The lowest BCUT2D eigenvalue weighted by atomic mass is 9.92. The van der Waals surface area contributed by atoms with Crippen molar-refractivity contribution < 1.29 is 10.0 Å². The minimum atomic E-state index is -0.485. The van der Waals surface area contributed by atoms with Crippen molar-refractivity contribution >= 4 is 17.3 Å². The van der Waals surface area contributed by atoms with E-state index in [0.717, 1.165) is 31.2 Å². The van der Waals surface area contributed by atoms with Crippen molar-refractivity contribution in [1.29, 1.82) is 0 Å². The SMILES string of the molecule is O=[N+]([O-])c1cc(CNC2CCCCC2O)ccc1Cl. The second kappa shape index (κ2) is 6.32. The van der Waals surface area contributed by atoms with Crippen LogP contribution in [0.4, 0.5) is 5.69 Å². The van der Waals surface area contributed by atoms with Crippen LogP contribution < -0.4 is 5.32 Å². The van der Waals surface area contributed by atoms with Gasteiger partial charge in [-0.05, 0) is 24.5 Å². The van der Waals surface area contributed by atoms with E-state index in [0.29, 0.717) is 6.54 Å². The van der Waals surface area contributed by atoms with Gasteiger partial charge in [0.05, 0.1) is 11.0 Å². The molecule has 0 aliphatic heterocycles. The Morgan fingerprint density at radius 1 is 1.42 bits per heavy atom. The van der Waals surface area contributed by atoms with Crippen molar-refractivity contribution in [3.63, 3.8) is 0 Å². The highest BCUT2D eigenvalue weighted by Gasteiger charge is 2.22. The molecule has 0 bridgehead atoms. The molecule has 1 fully saturated rings. The minimum absolute atomic E-state index is 0.0727. The predicted molar refractivity (Wildman–Crippen MR) is 73.2 cm³/mol. The van der Waals surface area contributed by atoms with Gasteiger partial charge >= 0.3 is 0 Å². The van der Waals surface area contributed by atoms with Crippen molar-refractivity contribution in [2.24, 2.45) is 0 Å². The lowest BCUT2D eigenvalue weighted by Crippen LogP contribution is -2.41. The van der Waals surface area contributed by atoms with E-state index in [2.05, 4.69) is 5.32 Å². The molecule has 0 spiro atoms. The van der Waals surface area contributed by atoms with Crippen molar-refractivity contribution in [2.45, 2.75) is 44.4 Å². The molecule has 1 aromatic carbocycles. The Labute approximate surface area is 116 Å². The minimum Gasteiger partial charge on any atom is -0.392 e. The number of nitro groups is 1. The molecule has 1 saturated carbocycles. The number of hydrogen-bond donors (Lipinski definition) is 2. The van der Waals surface area contributed by atoms with E-state index >= 15 is 0 Å². The Balaban J connectivity index is 1.99. The summed E-state index contributed by atoms with van der Waals surface area (Å²) < 4.78 is 0. The van der Waals surface area contributed by atoms with E-state index < -0.39 is 4.92 Å². The Bertz CT molecular complexity index is 467. The maximum Gasteiger partial charge on any atom is 0.288 e. The summed E-state index contributed by atoms with van der Waals surface area (Å²) in [4.78, 5) is 10.3. The molecule has 6 heteroatoms. The van der Waals surface area contributed by atoms with Crippen LogP contribution in [0.5, 0.6) is 0 Å². The molecule has 104 valence electrons. The molecule has 0 heterocycles. The largest absolute Gasteiger partial charge is 0.392 e. The molecule has 2 unspecified atom stereocenters. The second-order valence-corrected chi connectivity index (χ2v) is 5.29. The fraction of sp³-hybridized carbons (Fsp3) is 0.538. The summed E-state index contributed by atoms with van der Waals surface area (Å²) >= 11 is 5.76. The van der Waals surface area contributed by atoms with Crippen LogP contribution in [0.25, 0.3) is 0 Å². The van der Waals surface area contributed by atoms with Crippen molar-refractivity contribution in [3.05, 3.63) is 38.9 Å². The topological polar surface area (TPSA) is 75.4 Å². The molecule has 1 aliphatic carbocycles. The second-order valence-electron chi connectivity index (χ2n) is 4.88. The number of rotatable bonds is 4. The fourth-order valence-corrected chi connectivity index (χ4v) is 2.59. The maximum absolute atomic E-state index is 10.8. The van der Waals surface area contributed by atoms with Crippen LogP contribution in [0.2, 0.25) is 5.02 Å². The molecule has 0 saturated heterocycles. The van der Waals surface area contributed by atoms with Gasteiger partial charge in [0.25, 0.3) is 5.69 Å². The van der Waals surface area contributed by atoms with E-state index in [4.69, 9.17) is 11.6 Å². The molecule has 5 nitrogen and oxygen atoms in total. The highest BCUT2D eigenvalue weighted by Crippen LogP contribution is 2.25. The van der Waals surface area contributed by atoms with E-state index in [1.54, 1.807) is 6.07 Å². The van der Waals surface area contributed by atoms with Gasteiger partial charge in [0.15, 0.2) is 0 Å². The molecule has 2 rings (SSSR count). The Kier molecular flexibility index (Phi) is 4.74. The summed E-state index contributed by atoms with van der Waals surface area (Å²) in [5, 5.41) is 24.0. The number of halogens is 1. The van der Waals surface area contributed by atoms with Gasteiger partial charge < -0.3 is 10.4 Å². The molecule has 2 N–H and O–H groups in total. The standard InChI is InChI=1S/C13H17ClN2O3/c14-10-6-5-9(7-12(10)16(18)19)8-15-11-3-1-2-4-13(11)17/h5-7,11,13,15,17H,1-4,8H2. The molecular formula is C13H17ClN2O3. The molecule has 0 aromatic heterocycles. The van der Waals surface area contributed by atoms with Gasteiger partial charge in [-0.3, -0.25) is 10.1 Å². The highest BCUT2D eigenvalue weighted by atomic mass is 35.5. The van der Waals surface area contributed by atoms with Gasteiger partial charge in [0, 0.05) is 18.7 Å². The summed E-state index contributed by atoms with van der Waals surface area (Å²) in [6, 6.07) is 4.85. The smallest absolute Gasteiger partial charge is 0.288 e. The summed E-state index contributed by atoms with van der Waals surface area (Å²) in [6.07, 6.45) is 3.60. The lowest BCUT2D eigenvalue weighted by molar-refractivity contribution is -0.384. The van der Waals surface area contributed by atoms with Crippen LogP contribution in [0.15, 0.2) is 18.2 Å². The van der Waals surface area contributed by atoms with Crippen LogP contribution in [-0.2, 0) is 6.54 Å². The van der Waals surface area contributed by atoms with Gasteiger partial charge in [-0.2, -0.15) is 0 Å². The van der Waals surface area contributed by atoms with Crippen molar-refractivity contribution in [1.82, 2.24) is 5.32 Å². The number of nitro benzene ring substituents is 1. The maximum atomic E-state index is 10.8. The van der Waals surface area contributed by atoms with Crippen LogP contribution in [0.1, 0.15) is 31.2 Å². The molecule has 19 heavy (non-hydrogen) atoms. The quantitative estimate of drug-likeness (QED) is 0.658. The Morgan fingerprint density at radius 2 is 2.16 bits per heavy atom. The zero-order valence-corrected chi connectivity index (χ0v) is 11.3. The molecule has 2 atom stereocenters. The van der Waals surface area contributed by atoms with E-state index in [1.807, 2.05) is 0 Å². The molecule has 0 amide bonds. The number of nitrogens with zero attached hydrogens (tertiary/aromatic N) is 1. The molecule has 0 radical (unpaired) electrons. The zero-order valence-electron chi connectivity index (χ0n) is 10.5. The molecule has 1 aliphatic rings. The first kappa shape index (κ1) is 14.2. The monoisotopic (exact) mass is 284 g/mol. The lowest BCUT2D eigenvalue weighted by Gasteiger charge is -2.28. The van der Waals surface area contributed by atoms with E-state index in [1.165, 1.54) is 12.1 Å². The van der Waals surface area contributed by atoms with Crippen LogP contribution in [0.3, 0.4) is 0 Å². The number of nitrogens with one attached hydrogen (secondary N) is 1. The number of hydrogen-bond acceptors (Lipinski definition) is 4. The average molecular weight is 285 g/mol. The first-order valence-corrected chi connectivity index (χ1v) is 6.80. The predicted octanol–water partition coefficient (Wildman–Crippen LogP) is 2.64. The average Bonchev–Trinajstić information content (AvgIpc) is 2.39. The summed E-state index contributed by atoms with van der Waals surface area (Å²) in [5.74, 6) is 0. The number of aliphatic hydroxyl groups excluding tert-OH is 1. The molecular weight excluding hydrogens is 268 g/mol. The third-order valence-electron chi connectivity index (χ3n) is 3.51. The van der Waals surface area contributed by atoms with Gasteiger partial charge in [0.1, 0.15) is 5.02 Å². The summed E-state index contributed by atoms with van der Waals surface area (Å²) in [6.45, 7) is 0.500. The van der Waals surface area contributed by atoms with Gasteiger partial charge in [-0.1, -0.05) is 30.5 Å². The summed E-state index contributed by atoms with van der Waals surface area (Å²) in [5.41, 5.74) is 0.721. The van der Waals surface area contributed by atoms with E-state index in [-0.39, 0.29) is 22.9 Å². The first-order chi connectivity index (χ1) is 9.08. The fourth-order valence-electron chi connectivity index (χ4n) is 2.41. The normalized spacial score (nSPS) is 23.3. The van der Waals surface area contributed by atoms with E-state index in [9.17, 15) is 15.2 Å². The van der Waals surface area contributed by atoms with Crippen molar-refractivity contribution in [3.8, 4) is 0 Å². The van der Waals surface area contributed by atoms with Gasteiger partial charge in [0.2, 0.25) is 0 Å². The third-order valence-corrected chi connectivity index (χ3v) is 3.82. The zero-order chi connectivity index (χ0) is 13.8. The van der Waals surface area contributed by atoms with Crippen LogP contribution in [0, 0.1) is 10.1 Å².